The fourth-order valence-electron chi connectivity index (χ4n) is 3.56. The maximum atomic E-state index is 13.4. The predicted molar refractivity (Wildman–Crippen MR) is 114 cm³/mol. The molecule has 1 amide bonds. The lowest BCUT2D eigenvalue weighted by Gasteiger charge is -2.27. The van der Waals surface area contributed by atoms with E-state index >= 15 is 0 Å². The van der Waals surface area contributed by atoms with Crippen molar-refractivity contribution >= 4 is 27.3 Å². The van der Waals surface area contributed by atoms with E-state index < -0.39 is 38.3 Å². The van der Waals surface area contributed by atoms with Crippen molar-refractivity contribution < 1.29 is 22.7 Å². The van der Waals surface area contributed by atoms with Gasteiger partial charge in [-0.3, -0.25) is 4.79 Å². The number of hydrogen-bond donors (Lipinski definition) is 1. The number of rotatable bonds is 5. The van der Waals surface area contributed by atoms with Gasteiger partial charge in [0.2, 0.25) is 9.84 Å². The molecule has 1 N–H and O–H groups in total. The molecule has 3 aromatic rings. The Kier molecular flexibility index (Phi) is 5.56. The van der Waals surface area contributed by atoms with Gasteiger partial charge in [-0.25, -0.2) is 12.8 Å². The number of hydrogen-bond acceptors (Lipinski definition) is 4. The lowest BCUT2D eigenvalue weighted by atomic mass is 10.1. The minimum atomic E-state index is -4.19. The Morgan fingerprint density at radius 2 is 1.55 bits per heavy atom. The summed E-state index contributed by atoms with van der Waals surface area (Å²) in [7, 11) is -4.19. The Morgan fingerprint density at radius 1 is 0.935 bits per heavy atom. The van der Waals surface area contributed by atoms with Crippen LogP contribution in [0.2, 0.25) is 5.02 Å². The lowest BCUT2D eigenvalue weighted by molar-refractivity contribution is -0.130. The van der Waals surface area contributed by atoms with E-state index in [1.165, 1.54) is 41.3 Å². The van der Waals surface area contributed by atoms with E-state index in [1.54, 1.807) is 42.5 Å². The molecule has 0 spiro atoms. The maximum Gasteiger partial charge on any atom is 0.290 e. The van der Waals surface area contributed by atoms with Crippen LogP contribution < -0.4 is 0 Å². The first kappa shape index (κ1) is 21.1. The molecule has 31 heavy (non-hydrogen) atoms. The Bertz CT molecular complexity index is 1260. The zero-order chi connectivity index (χ0) is 22.2. The van der Waals surface area contributed by atoms with Crippen LogP contribution in [-0.4, -0.2) is 24.3 Å². The second kappa shape index (κ2) is 8.17. The average Bonchev–Trinajstić information content (AvgIpc) is 3.02. The van der Waals surface area contributed by atoms with E-state index in [9.17, 15) is 22.7 Å². The third kappa shape index (κ3) is 3.94. The highest BCUT2D eigenvalue weighted by atomic mass is 35.5. The Balaban J connectivity index is 1.85. The quantitative estimate of drug-likeness (QED) is 0.596. The zero-order valence-corrected chi connectivity index (χ0v) is 17.6. The Hall–Kier alpha value is -3.16. The van der Waals surface area contributed by atoms with Crippen molar-refractivity contribution in [1.29, 1.82) is 0 Å². The number of amides is 1. The minimum Gasteiger partial charge on any atom is -0.502 e. The number of aliphatic hydroxyl groups excluding tert-OH is 1. The van der Waals surface area contributed by atoms with Crippen molar-refractivity contribution in [3.05, 3.63) is 111 Å². The van der Waals surface area contributed by atoms with Gasteiger partial charge in [0.1, 0.15) is 10.7 Å². The summed E-state index contributed by atoms with van der Waals surface area (Å²) in [6.45, 7) is -0.0235. The minimum absolute atomic E-state index is 0.0235. The van der Waals surface area contributed by atoms with Gasteiger partial charge in [0, 0.05) is 11.6 Å². The highest BCUT2D eigenvalue weighted by Gasteiger charge is 2.46. The third-order valence-corrected chi connectivity index (χ3v) is 7.19. The first-order valence-electron chi connectivity index (χ1n) is 9.33. The van der Waals surface area contributed by atoms with Crippen molar-refractivity contribution in [3.63, 3.8) is 0 Å². The summed E-state index contributed by atoms with van der Waals surface area (Å²) in [5.41, 5.74) is 1.05. The average molecular weight is 458 g/mol. The largest absolute Gasteiger partial charge is 0.502 e. The highest BCUT2D eigenvalue weighted by Crippen LogP contribution is 2.43. The molecule has 1 heterocycles. The molecule has 0 aliphatic carbocycles. The number of nitrogens with zero attached hydrogens (tertiary/aromatic N) is 1. The summed E-state index contributed by atoms with van der Waals surface area (Å²) in [5.74, 6) is -2.08. The summed E-state index contributed by atoms with van der Waals surface area (Å²) in [5, 5.41) is 11.1. The molecule has 5 nitrogen and oxygen atoms in total. The van der Waals surface area contributed by atoms with E-state index in [4.69, 9.17) is 11.6 Å². The number of carbonyl (C=O) groups is 1. The molecule has 0 saturated carbocycles. The molecule has 4 rings (SSSR count). The SMILES string of the molecule is O=C1C(O)=C(S(=O)(=O)c2ccccc2)[C@@H](c2ccc(Cl)cc2)N1Cc1ccc(F)cc1. The standard InChI is InChI=1S/C23H17ClFNO4S/c24-17-10-8-16(9-11-17)20-22(31(29,30)19-4-2-1-3-5-19)21(27)23(28)26(20)14-15-6-12-18(25)13-7-15/h1-13,20,27H,14H2/t20-/m1/s1. The number of sulfone groups is 1. The van der Waals surface area contributed by atoms with Gasteiger partial charge in [-0.05, 0) is 47.5 Å². The van der Waals surface area contributed by atoms with Crippen molar-refractivity contribution in [2.24, 2.45) is 0 Å². The third-order valence-electron chi connectivity index (χ3n) is 5.05. The van der Waals surface area contributed by atoms with Crippen LogP contribution in [0.15, 0.2) is 94.4 Å². The number of aliphatic hydroxyl groups is 1. The lowest BCUT2D eigenvalue weighted by Crippen LogP contribution is -2.30. The fraction of sp³-hybridized carbons (Fsp3) is 0.0870. The molecule has 0 fully saturated rings. The second-order valence-corrected chi connectivity index (χ2v) is 9.40. The van der Waals surface area contributed by atoms with Crippen LogP contribution in [0.3, 0.4) is 0 Å². The zero-order valence-electron chi connectivity index (χ0n) is 16.1. The van der Waals surface area contributed by atoms with Crippen molar-refractivity contribution in [1.82, 2.24) is 4.90 Å². The molecule has 158 valence electrons. The van der Waals surface area contributed by atoms with Crippen LogP contribution >= 0.6 is 11.6 Å². The van der Waals surface area contributed by atoms with Gasteiger partial charge in [-0.1, -0.05) is 54.1 Å². The van der Waals surface area contributed by atoms with Crippen molar-refractivity contribution in [2.45, 2.75) is 17.5 Å². The first-order valence-corrected chi connectivity index (χ1v) is 11.2. The smallest absolute Gasteiger partial charge is 0.290 e. The molecule has 0 bridgehead atoms. The maximum absolute atomic E-state index is 13.4. The Morgan fingerprint density at radius 3 is 2.16 bits per heavy atom. The molecule has 0 unspecified atom stereocenters. The van der Waals surface area contributed by atoms with Crippen molar-refractivity contribution in [2.75, 3.05) is 0 Å². The van der Waals surface area contributed by atoms with Crippen LogP contribution in [-0.2, 0) is 21.2 Å². The predicted octanol–water partition coefficient (Wildman–Crippen LogP) is 4.81. The molecule has 1 aliphatic rings. The molecular formula is C23H17ClFNO4S. The van der Waals surface area contributed by atoms with E-state index in [2.05, 4.69) is 0 Å². The molecular weight excluding hydrogens is 441 g/mol. The number of carbonyl (C=O) groups excluding carboxylic acids is 1. The van der Waals surface area contributed by atoms with Crippen LogP contribution in [0.1, 0.15) is 17.2 Å². The second-order valence-electron chi connectivity index (χ2n) is 7.04. The molecule has 1 aliphatic heterocycles. The van der Waals surface area contributed by atoms with E-state index in [0.717, 1.165) is 0 Å². The van der Waals surface area contributed by atoms with Gasteiger partial charge in [0.25, 0.3) is 5.91 Å². The van der Waals surface area contributed by atoms with Gasteiger partial charge in [-0.2, -0.15) is 0 Å². The van der Waals surface area contributed by atoms with Crippen LogP contribution in [0.25, 0.3) is 0 Å². The van der Waals surface area contributed by atoms with E-state index in [1.807, 2.05) is 0 Å². The molecule has 0 saturated heterocycles. The monoisotopic (exact) mass is 457 g/mol. The first-order chi connectivity index (χ1) is 14.8. The summed E-state index contributed by atoms with van der Waals surface area (Å²) in [4.78, 5) is 13.8. The van der Waals surface area contributed by atoms with Gasteiger partial charge in [0.15, 0.2) is 5.76 Å². The molecule has 8 heteroatoms. The number of benzene rings is 3. The topological polar surface area (TPSA) is 74.7 Å². The molecule has 1 atom stereocenters. The van der Waals surface area contributed by atoms with Gasteiger partial charge in [0.05, 0.1) is 10.9 Å². The summed E-state index contributed by atoms with van der Waals surface area (Å²) < 4.78 is 40.1. The fourth-order valence-corrected chi connectivity index (χ4v) is 5.35. The van der Waals surface area contributed by atoms with Crippen LogP contribution in [0.5, 0.6) is 0 Å². The van der Waals surface area contributed by atoms with Crippen LogP contribution in [0, 0.1) is 5.82 Å². The number of halogens is 2. The summed E-state index contributed by atoms with van der Waals surface area (Å²) in [6.07, 6.45) is 0. The molecule has 0 radical (unpaired) electrons. The molecule has 3 aromatic carbocycles. The summed E-state index contributed by atoms with van der Waals surface area (Å²) >= 11 is 5.98. The van der Waals surface area contributed by atoms with Crippen LogP contribution in [0.4, 0.5) is 4.39 Å². The van der Waals surface area contributed by atoms with Gasteiger partial charge < -0.3 is 10.0 Å². The van der Waals surface area contributed by atoms with E-state index in [-0.39, 0.29) is 11.4 Å². The highest BCUT2D eigenvalue weighted by molar-refractivity contribution is 7.95. The van der Waals surface area contributed by atoms with Crippen molar-refractivity contribution in [3.8, 4) is 0 Å². The normalized spacial score (nSPS) is 16.8. The summed E-state index contributed by atoms with van der Waals surface area (Å²) in [6, 6.07) is 18.4. The van der Waals surface area contributed by atoms with E-state index in [0.29, 0.717) is 16.1 Å². The van der Waals surface area contributed by atoms with Gasteiger partial charge in [-0.15, -0.1) is 0 Å². The molecule has 0 aromatic heterocycles. The Labute approximate surface area is 183 Å². The van der Waals surface area contributed by atoms with Gasteiger partial charge >= 0.3 is 0 Å².